The van der Waals surface area contributed by atoms with Crippen LogP contribution in [0.25, 0.3) is 0 Å². The number of thiazole rings is 1. The van der Waals surface area contributed by atoms with E-state index in [1.165, 1.54) is 6.33 Å². The van der Waals surface area contributed by atoms with E-state index in [1.54, 1.807) is 11.3 Å². The average molecular weight is 314 g/mol. The minimum atomic E-state index is -0.595. The molecule has 1 unspecified atom stereocenters. The van der Waals surface area contributed by atoms with Crippen LogP contribution in [0.15, 0.2) is 6.33 Å². The van der Waals surface area contributed by atoms with E-state index < -0.39 is 4.92 Å². The maximum absolute atomic E-state index is 11.0. The summed E-state index contributed by atoms with van der Waals surface area (Å²) in [7, 11) is 0. The van der Waals surface area contributed by atoms with Crippen molar-refractivity contribution < 1.29 is 4.92 Å². The molecule has 0 aliphatic heterocycles. The van der Waals surface area contributed by atoms with Crippen molar-refractivity contribution in [2.45, 2.75) is 26.8 Å². The molecule has 1 N–H and O–H groups in total. The van der Waals surface area contributed by atoms with Gasteiger partial charge in [-0.15, -0.1) is 11.3 Å². The first-order chi connectivity index (χ1) is 9.40. The first kappa shape index (κ1) is 14.6. The van der Waals surface area contributed by atoms with Crippen LogP contribution < -0.4 is 5.32 Å². The summed E-state index contributed by atoms with van der Waals surface area (Å²) in [5.74, 6) is 0.105. The predicted octanol–water partition coefficient (Wildman–Crippen LogP) is 3.28. The summed E-state index contributed by atoms with van der Waals surface area (Å²) in [6.07, 6.45) is 1.19. The summed E-state index contributed by atoms with van der Waals surface area (Å²) in [5, 5.41) is 14.8. The van der Waals surface area contributed by atoms with Crippen LogP contribution in [0, 0.1) is 24.0 Å². The van der Waals surface area contributed by atoms with E-state index in [-0.39, 0.29) is 22.7 Å². The number of nitrogens with one attached hydrogen (secondary N) is 1. The molecule has 20 heavy (non-hydrogen) atoms. The number of aromatic nitrogens is 3. The monoisotopic (exact) mass is 313 g/mol. The smallest absolute Gasteiger partial charge is 0.348 e. The molecular formula is C11H12ClN5O2S. The lowest BCUT2D eigenvalue weighted by molar-refractivity contribution is -0.384. The fourth-order valence-corrected chi connectivity index (χ4v) is 2.98. The molecule has 9 heteroatoms. The lowest BCUT2D eigenvalue weighted by atomic mass is 10.2. The van der Waals surface area contributed by atoms with Crippen LogP contribution >= 0.6 is 22.9 Å². The average Bonchev–Trinajstić information content (AvgIpc) is 2.68. The molecule has 0 radical (unpaired) electrons. The lowest BCUT2D eigenvalue weighted by Gasteiger charge is -2.13. The molecule has 2 aromatic heterocycles. The van der Waals surface area contributed by atoms with Gasteiger partial charge in [0.05, 0.1) is 21.7 Å². The zero-order chi connectivity index (χ0) is 14.9. The Bertz CT molecular complexity index is 660. The van der Waals surface area contributed by atoms with Gasteiger partial charge in [-0.2, -0.15) is 0 Å². The summed E-state index contributed by atoms with van der Waals surface area (Å²) >= 11 is 7.29. The van der Waals surface area contributed by atoms with Gasteiger partial charge in [0, 0.05) is 4.88 Å². The highest BCUT2D eigenvalue weighted by molar-refractivity contribution is 7.11. The molecule has 2 heterocycles. The number of hydrogen-bond donors (Lipinski definition) is 1. The van der Waals surface area contributed by atoms with Crippen molar-refractivity contribution in [1.29, 1.82) is 0 Å². The van der Waals surface area contributed by atoms with Crippen molar-refractivity contribution in [3.8, 4) is 0 Å². The molecule has 2 rings (SSSR count). The summed E-state index contributed by atoms with van der Waals surface area (Å²) in [5.41, 5.74) is 0.579. The van der Waals surface area contributed by atoms with E-state index in [4.69, 9.17) is 11.6 Å². The SMILES string of the molecule is Cc1nc(C)c(C(C)Nc2ncnc(Cl)c2[N+](=O)[O-])s1. The van der Waals surface area contributed by atoms with E-state index in [9.17, 15) is 10.1 Å². The van der Waals surface area contributed by atoms with Crippen LogP contribution in [-0.4, -0.2) is 19.9 Å². The lowest BCUT2D eigenvalue weighted by Crippen LogP contribution is -2.10. The summed E-state index contributed by atoms with van der Waals surface area (Å²) in [4.78, 5) is 23.3. The molecule has 0 spiro atoms. The van der Waals surface area contributed by atoms with Crippen LogP contribution in [0.2, 0.25) is 5.15 Å². The Morgan fingerprint density at radius 3 is 2.70 bits per heavy atom. The van der Waals surface area contributed by atoms with Gasteiger partial charge in [-0.3, -0.25) is 10.1 Å². The standard InChI is InChI=1S/C11H12ClN5O2S/c1-5-9(20-7(3)15-5)6(2)16-11-8(17(18)19)10(12)13-4-14-11/h4,6H,1-3H3,(H,13,14,16). The van der Waals surface area contributed by atoms with Crippen LogP contribution in [0.5, 0.6) is 0 Å². The number of aryl methyl sites for hydroxylation is 2. The summed E-state index contributed by atoms with van der Waals surface area (Å²) < 4.78 is 0. The Kier molecular flexibility index (Phi) is 4.15. The molecule has 0 aliphatic rings. The fourth-order valence-electron chi connectivity index (χ4n) is 1.84. The minimum Gasteiger partial charge on any atom is -0.357 e. The highest BCUT2D eigenvalue weighted by atomic mass is 35.5. The number of hydrogen-bond acceptors (Lipinski definition) is 7. The van der Waals surface area contributed by atoms with Gasteiger partial charge in [-0.1, -0.05) is 11.6 Å². The van der Waals surface area contributed by atoms with Gasteiger partial charge in [0.1, 0.15) is 6.33 Å². The fraction of sp³-hybridized carbons (Fsp3) is 0.364. The maximum Gasteiger partial charge on any atom is 0.348 e. The molecule has 0 amide bonds. The highest BCUT2D eigenvalue weighted by Gasteiger charge is 2.24. The van der Waals surface area contributed by atoms with E-state index >= 15 is 0 Å². The first-order valence-electron chi connectivity index (χ1n) is 5.75. The maximum atomic E-state index is 11.0. The third-order valence-corrected chi connectivity index (χ3v) is 4.18. The second-order valence-electron chi connectivity index (χ2n) is 4.17. The summed E-state index contributed by atoms with van der Waals surface area (Å²) in [6, 6.07) is -0.161. The molecule has 1 atom stereocenters. The van der Waals surface area contributed by atoms with Gasteiger partial charge in [0.15, 0.2) is 0 Å². The van der Waals surface area contributed by atoms with Crippen LogP contribution in [-0.2, 0) is 0 Å². The molecule has 0 saturated carbocycles. The second kappa shape index (κ2) is 5.68. The van der Waals surface area contributed by atoms with Crippen molar-refractivity contribution in [3.63, 3.8) is 0 Å². The van der Waals surface area contributed by atoms with Gasteiger partial charge < -0.3 is 5.32 Å². The second-order valence-corrected chi connectivity index (χ2v) is 5.76. The van der Waals surface area contributed by atoms with Gasteiger partial charge in [-0.05, 0) is 20.8 Å². The molecule has 0 saturated heterocycles. The molecule has 0 aromatic carbocycles. The Balaban J connectivity index is 2.33. The first-order valence-corrected chi connectivity index (χ1v) is 6.95. The van der Waals surface area contributed by atoms with Crippen LogP contribution in [0.4, 0.5) is 11.5 Å². The van der Waals surface area contributed by atoms with Gasteiger partial charge in [-0.25, -0.2) is 15.0 Å². The normalized spacial score (nSPS) is 12.2. The third-order valence-electron chi connectivity index (χ3n) is 2.65. The van der Waals surface area contributed by atoms with Crippen molar-refractivity contribution in [1.82, 2.24) is 15.0 Å². The minimum absolute atomic E-state index is 0.105. The molecular weight excluding hydrogens is 302 g/mol. The Morgan fingerprint density at radius 2 is 2.15 bits per heavy atom. The number of nitro groups is 1. The number of nitrogens with zero attached hydrogens (tertiary/aromatic N) is 4. The molecule has 0 fully saturated rings. The molecule has 2 aromatic rings. The Labute approximate surface area is 124 Å². The molecule has 0 bridgehead atoms. The zero-order valence-electron chi connectivity index (χ0n) is 11.0. The van der Waals surface area contributed by atoms with E-state index in [1.807, 2.05) is 20.8 Å². The quantitative estimate of drug-likeness (QED) is 0.529. The number of halogens is 1. The summed E-state index contributed by atoms with van der Waals surface area (Å²) in [6.45, 7) is 5.70. The zero-order valence-corrected chi connectivity index (χ0v) is 12.6. The van der Waals surface area contributed by atoms with Crippen LogP contribution in [0.3, 0.4) is 0 Å². The molecule has 0 aliphatic carbocycles. The number of rotatable bonds is 4. The van der Waals surface area contributed by atoms with Gasteiger partial charge in [0.2, 0.25) is 11.0 Å². The third kappa shape index (κ3) is 2.86. The van der Waals surface area contributed by atoms with E-state index in [0.29, 0.717) is 0 Å². The van der Waals surface area contributed by atoms with Crippen molar-refractivity contribution in [2.75, 3.05) is 5.32 Å². The number of anilines is 1. The topological polar surface area (TPSA) is 93.8 Å². The van der Waals surface area contributed by atoms with Crippen molar-refractivity contribution in [2.24, 2.45) is 0 Å². The largest absolute Gasteiger partial charge is 0.357 e. The Morgan fingerprint density at radius 1 is 1.45 bits per heavy atom. The Hall–Kier alpha value is -1.80. The van der Waals surface area contributed by atoms with Crippen LogP contribution in [0.1, 0.15) is 28.5 Å². The highest BCUT2D eigenvalue weighted by Crippen LogP contribution is 2.33. The van der Waals surface area contributed by atoms with Crippen molar-refractivity contribution in [3.05, 3.63) is 37.2 Å². The van der Waals surface area contributed by atoms with E-state index in [2.05, 4.69) is 20.3 Å². The van der Waals surface area contributed by atoms with Gasteiger partial charge >= 0.3 is 5.69 Å². The van der Waals surface area contributed by atoms with Gasteiger partial charge in [0.25, 0.3) is 0 Å². The van der Waals surface area contributed by atoms with E-state index in [0.717, 1.165) is 15.6 Å². The molecule has 7 nitrogen and oxygen atoms in total. The van der Waals surface area contributed by atoms with Crippen molar-refractivity contribution >= 4 is 34.4 Å². The molecule has 106 valence electrons. The predicted molar refractivity (Wildman–Crippen MR) is 77.3 cm³/mol.